The first-order chi connectivity index (χ1) is 10.7. The van der Waals surface area contributed by atoms with Crippen LogP contribution >= 0.6 is 0 Å². The Morgan fingerprint density at radius 2 is 2.00 bits per heavy atom. The van der Waals surface area contributed by atoms with Gasteiger partial charge in [-0.15, -0.1) is 0 Å². The summed E-state index contributed by atoms with van der Waals surface area (Å²) in [6.07, 6.45) is 0.338. The third-order valence-corrected chi connectivity index (χ3v) is 3.15. The van der Waals surface area contributed by atoms with E-state index in [0.29, 0.717) is 13.1 Å². The quantitative estimate of drug-likeness (QED) is 0.754. The largest absolute Gasteiger partial charge is 0.494 e. The van der Waals surface area contributed by atoms with Crippen LogP contribution in [0, 0.1) is 5.82 Å². The standard InChI is InChI=1S/C17H27FN2O3/c1-12(13-7-8-15(22-5)14(18)11-13)19-9-6-10-20-16(21)23-17(2,3)4/h7-8,11-12,19H,6,9-10H2,1-5H3,(H,20,21). The fraction of sp³-hybridized carbons (Fsp3) is 0.588. The average Bonchev–Trinajstić information content (AvgIpc) is 2.44. The number of methoxy groups -OCH3 is 1. The van der Waals surface area contributed by atoms with Crippen molar-refractivity contribution in [1.29, 1.82) is 0 Å². The van der Waals surface area contributed by atoms with Crippen LogP contribution in [0.15, 0.2) is 18.2 Å². The van der Waals surface area contributed by atoms with Crippen LogP contribution in [0.2, 0.25) is 0 Å². The molecule has 130 valence electrons. The van der Waals surface area contributed by atoms with E-state index in [9.17, 15) is 9.18 Å². The fourth-order valence-electron chi connectivity index (χ4n) is 1.98. The van der Waals surface area contributed by atoms with Crippen LogP contribution < -0.4 is 15.4 Å². The van der Waals surface area contributed by atoms with Crippen molar-refractivity contribution in [3.05, 3.63) is 29.6 Å². The van der Waals surface area contributed by atoms with Gasteiger partial charge in [-0.2, -0.15) is 0 Å². The molecule has 0 fully saturated rings. The summed E-state index contributed by atoms with van der Waals surface area (Å²) in [6.45, 7) is 8.65. The molecule has 2 N–H and O–H groups in total. The van der Waals surface area contributed by atoms with E-state index in [1.807, 2.05) is 33.8 Å². The molecule has 0 bridgehead atoms. The molecule has 1 atom stereocenters. The van der Waals surface area contributed by atoms with E-state index >= 15 is 0 Å². The summed E-state index contributed by atoms with van der Waals surface area (Å²) in [6, 6.07) is 4.93. The zero-order chi connectivity index (χ0) is 17.5. The van der Waals surface area contributed by atoms with Crippen LogP contribution in [-0.4, -0.2) is 31.9 Å². The third kappa shape index (κ3) is 7.32. The van der Waals surface area contributed by atoms with Crippen molar-refractivity contribution in [2.24, 2.45) is 0 Å². The summed E-state index contributed by atoms with van der Waals surface area (Å²) in [5.74, 6) is -0.132. The van der Waals surface area contributed by atoms with E-state index in [0.717, 1.165) is 12.0 Å². The fourth-order valence-corrected chi connectivity index (χ4v) is 1.98. The lowest BCUT2D eigenvalue weighted by Crippen LogP contribution is -2.34. The number of carbonyl (C=O) groups is 1. The minimum Gasteiger partial charge on any atom is -0.494 e. The van der Waals surface area contributed by atoms with E-state index in [2.05, 4.69) is 10.6 Å². The van der Waals surface area contributed by atoms with Gasteiger partial charge in [0.1, 0.15) is 5.60 Å². The van der Waals surface area contributed by atoms with Crippen molar-refractivity contribution in [2.75, 3.05) is 20.2 Å². The number of halogens is 1. The van der Waals surface area contributed by atoms with Gasteiger partial charge in [-0.3, -0.25) is 0 Å². The van der Waals surface area contributed by atoms with Gasteiger partial charge < -0.3 is 20.1 Å². The van der Waals surface area contributed by atoms with Crippen LogP contribution in [0.1, 0.15) is 45.7 Å². The van der Waals surface area contributed by atoms with E-state index in [4.69, 9.17) is 9.47 Å². The molecule has 5 nitrogen and oxygen atoms in total. The van der Waals surface area contributed by atoms with Crippen molar-refractivity contribution in [1.82, 2.24) is 10.6 Å². The molecule has 0 radical (unpaired) electrons. The van der Waals surface area contributed by atoms with Crippen LogP contribution in [0.5, 0.6) is 5.75 Å². The van der Waals surface area contributed by atoms with E-state index in [-0.39, 0.29) is 17.6 Å². The highest BCUT2D eigenvalue weighted by molar-refractivity contribution is 5.67. The Morgan fingerprint density at radius 1 is 1.30 bits per heavy atom. The molecule has 0 heterocycles. The van der Waals surface area contributed by atoms with Crippen molar-refractivity contribution in [2.45, 2.75) is 45.8 Å². The number of alkyl carbamates (subject to hydrolysis) is 1. The van der Waals surface area contributed by atoms with Crippen molar-refractivity contribution in [3.63, 3.8) is 0 Å². The molecule has 0 aromatic heterocycles. The number of hydrogen-bond acceptors (Lipinski definition) is 4. The molecule has 0 saturated heterocycles. The van der Waals surface area contributed by atoms with Gasteiger partial charge in [0.25, 0.3) is 0 Å². The minimum atomic E-state index is -0.491. The molecule has 1 unspecified atom stereocenters. The van der Waals surface area contributed by atoms with Gasteiger partial charge in [0, 0.05) is 12.6 Å². The topological polar surface area (TPSA) is 59.6 Å². The number of amides is 1. The molecule has 6 heteroatoms. The van der Waals surface area contributed by atoms with Gasteiger partial charge in [0.05, 0.1) is 7.11 Å². The second-order valence-electron chi connectivity index (χ2n) is 6.35. The molecule has 1 aromatic carbocycles. The number of hydrogen-bond donors (Lipinski definition) is 2. The lowest BCUT2D eigenvalue weighted by atomic mass is 10.1. The molecule has 1 amide bonds. The highest BCUT2D eigenvalue weighted by Crippen LogP contribution is 2.21. The zero-order valence-corrected chi connectivity index (χ0v) is 14.5. The molecule has 0 spiro atoms. The van der Waals surface area contributed by atoms with Crippen LogP contribution in [0.4, 0.5) is 9.18 Å². The molecule has 23 heavy (non-hydrogen) atoms. The van der Waals surface area contributed by atoms with Gasteiger partial charge in [-0.05, 0) is 58.4 Å². The molecule has 1 rings (SSSR count). The van der Waals surface area contributed by atoms with E-state index in [1.54, 1.807) is 6.07 Å². The predicted molar refractivity (Wildman–Crippen MR) is 88.2 cm³/mol. The summed E-state index contributed by atoms with van der Waals surface area (Å²) in [4.78, 5) is 11.5. The summed E-state index contributed by atoms with van der Waals surface area (Å²) < 4.78 is 23.7. The van der Waals surface area contributed by atoms with Crippen LogP contribution in [0.3, 0.4) is 0 Å². The Labute approximate surface area is 137 Å². The number of nitrogens with one attached hydrogen (secondary N) is 2. The molecule has 0 aliphatic heterocycles. The number of rotatable bonds is 7. The summed E-state index contributed by atoms with van der Waals surface area (Å²) in [7, 11) is 1.44. The predicted octanol–water partition coefficient (Wildman–Crippen LogP) is 3.40. The maximum atomic E-state index is 13.7. The average molecular weight is 326 g/mol. The van der Waals surface area contributed by atoms with Crippen molar-refractivity contribution < 1.29 is 18.7 Å². The Balaban J connectivity index is 2.28. The first-order valence-electron chi connectivity index (χ1n) is 7.76. The Bertz CT molecular complexity index is 515. The van der Waals surface area contributed by atoms with Gasteiger partial charge in [0.15, 0.2) is 11.6 Å². The summed E-state index contributed by atoms with van der Waals surface area (Å²) in [5, 5.41) is 5.99. The minimum absolute atomic E-state index is 0.0110. The number of benzene rings is 1. The van der Waals surface area contributed by atoms with Crippen LogP contribution in [0.25, 0.3) is 0 Å². The van der Waals surface area contributed by atoms with E-state index < -0.39 is 11.7 Å². The monoisotopic (exact) mass is 326 g/mol. The molecule has 0 aliphatic carbocycles. The molecule has 0 aliphatic rings. The lowest BCUT2D eigenvalue weighted by molar-refractivity contribution is 0.0527. The SMILES string of the molecule is COc1ccc(C(C)NCCCNC(=O)OC(C)(C)C)cc1F. The maximum absolute atomic E-state index is 13.7. The number of ether oxygens (including phenoxy) is 2. The second kappa shape index (κ2) is 8.72. The summed E-state index contributed by atoms with van der Waals surface area (Å²) >= 11 is 0. The Morgan fingerprint density at radius 3 is 2.57 bits per heavy atom. The third-order valence-electron chi connectivity index (χ3n) is 3.15. The highest BCUT2D eigenvalue weighted by Gasteiger charge is 2.15. The molecule has 1 aromatic rings. The molecular formula is C17H27FN2O3. The van der Waals surface area contributed by atoms with Gasteiger partial charge in [-0.25, -0.2) is 9.18 Å². The first kappa shape index (κ1) is 19.2. The highest BCUT2D eigenvalue weighted by atomic mass is 19.1. The second-order valence-corrected chi connectivity index (χ2v) is 6.35. The van der Waals surface area contributed by atoms with E-state index in [1.165, 1.54) is 13.2 Å². The Hall–Kier alpha value is -1.82. The smallest absolute Gasteiger partial charge is 0.407 e. The zero-order valence-electron chi connectivity index (χ0n) is 14.5. The Kier molecular flexibility index (Phi) is 7.29. The number of carbonyl (C=O) groups excluding carboxylic acids is 1. The first-order valence-corrected chi connectivity index (χ1v) is 7.76. The summed E-state index contributed by atoms with van der Waals surface area (Å²) in [5.41, 5.74) is 0.360. The normalized spacial score (nSPS) is 12.6. The van der Waals surface area contributed by atoms with Crippen molar-refractivity contribution in [3.8, 4) is 5.75 Å². The molecular weight excluding hydrogens is 299 g/mol. The molecule has 0 saturated carbocycles. The lowest BCUT2D eigenvalue weighted by Gasteiger charge is -2.20. The van der Waals surface area contributed by atoms with Gasteiger partial charge in [-0.1, -0.05) is 6.07 Å². The van der Waals surface area contributed by atoms with Gasteiger partial charge >= 0.3 is 6.09 Å². The van der Waals surface area contributed by atoms with Gasteiger partial charge in [0.2, 0.25) is 0 Å². The maximum Gasteiger partial charge on any atom is 0.407 e. The van der Waals surface area contributed by atoms with Crippen molar-refractivity contribution >= 4 is 6.09 Å². The van der Waals surface area contributed by atoms with Crippen LogP contribution in [-0.2, 0) is 4.74 Å².